The number of aromatic nitrogens is 1. The lowest BCUT2D eigenvalue weighted by molar-refractivity contribution is 1.01. The normalized spacial score (nSPS) is 10.3. The highest BCUT2D eigenvalue weighted by molar-refractivity contribution is 6.10. The predicted octanol–water partition coefficient (Wildman–Crippen LogP) is 9.69. The fraction of sp³-hybridized carbons (Fsp3) is 0.118. The van der Waals surface area contributed by atoms with Crippen LogP contribution in [0.5, 0.6) is 0 Å². The summed E-state index contributed by atoms with van der Waals surface area (Å²) < 4.78 is 2.29. The summed E-state index contributed by atoms with van der Waals surface area (Å²) in [5, 5.41) is 2.61. The van der Waals surface area contributed by atoms with E-state index in [0.717, 1.165) is 0 Å². The van der Waals surface area contributed by atoms with E-state index in [1.54, 1.807) is 0 Å². The molecular weight excluding hydrogens is 422 g/mol. The zero-order chi connectivity index (χ0) is 24.6. The summed E-state index contributed by atoms with van der Waals surface area (Å²) >= 11 is 0. The molecule has 0 bridgehead atoms. The van der Waals surface area contributed by atoms with Gasteiger partial charge in [-0.1, -0.05) is 123 Å². The maximum atomic E-state index is 2.32. The summed E-state index contributed by atoms with van der Waals surface area (Å²) in [6, 6.07) is 45.0. The molecule has 6 aromatic rings. The molecule has 0 saturated heterocycles. The monoisotopic (exact) mass is 455 g/mol. The van der Waals surface area contributed by atoms with Gasteiger partial charge in [0.2, 0.25) is 0 Å². The topological polar surface area (TPSA) is 4.93 Å². The van der Waals surface area contributed by atoms with Crippen molar-refractivity contribution in [2.45, 2.75) is 20.8 Å². The third-order valence-electron chi connectivity index (χ3n) is 6.16. The lowest BCUT2D eigenvalue weighted by Gasteiger charge is -2.03. The quantitative estimate of drug-likeness (QED) is 0.245. The fourth-order valence-corrected chi connectivity index (χ4v) is 4.37. The molecule has 0 aliphatic rings. The molecule has 0 unspecified atom stereocenters. The molecule has 0 saturated carbocycles. The Balaban J connectivity index is 0.000000275. The highest BCUT2D eigenvalue weighted by atomic mass is 14.9. The summed E-state index contributed by atoms with van der Waals surface area (Å²) in [7, 11) is 2.15. The van der Waals surface area contributed by atoms with Crippen molar-refractivity contribution in [1.29, 1.82) is 0 Å². The lowest BCUT2D eigenvalue weighted by Crippen LogP contribution is -1.86. The highest BCUT2D eigenvalue weighted by Crippen LogP contribution is 2.34. The van der Waals surface area contributed by atoms with E-state index in [0.29, 0.717) is 0 Å². The number of aryl methyl sites for hydroxylation is 2. The van der Waals surface area contributed by atoms with Gasteiger partial charge in [-0.2, -0.15) is 0 Å². The van der Waals surface area contributed by atoms with Crippen LogP contribution < -0.4 is 0 Å². The van der Waals surface area contributed by atoms with Gasteiger partial charge in [-0.15, -0.1) is 0 Å². The van der Waals surface area contributed by atoms with Crippen molar-refractivity contribution >= 4 is 21.8 Å². The highest BCUT2D eigenvalue weighted by Gasteiger charge is 2.11. The molecule has 0 spiro atoms. The molecule has 1 aromatic heterocycles. The zero-order valence-electron chi connectivity index (χ0n) is 21.1. The van der Waals surface area contributed by atoms with E-state index in [1.807, 2.05) is 32.0 Å². The molecule has 5 aromatic carbocycles. The minimum atomic E-state index is 1.26. The van der Waals surface area contributed by atoms with Crippen LogP contribution in [0.1, 0.15) is 19.4 Å². The number of hydrogen-bond acceptors (Lipinski definition) is 0. The third kappa shape index (κ3) is 5.36. The maximum absolute atomic E-state index is 2.32. The fourth-order valence-electron chi connectivity index (χ4n) is 4.37. The van der Waals surface area contributed by atoms with Crippen LogP contribution in [-0.2, 0) is 7.05 Å². The number of nitrogens with zero attached hydrogens (tertiary/aromatic N) is 1. The molecule has 1 heterocycles. The van der Waals surface area contributed by atoms with E-state index in [1.165, 1.54) is 49.6 Å². The first-order valence-electron chi connectivity index (χ1n) is 12.4. The van der Waals surface area contributed by atoms with Crippen molar-refractivity contribution in [1.82, 2.24) is 4.57 Å². The standard InChI is InChI=1S/C25H19N.C7H8.C2H6/c1-26-24-14-12-20(18-8-4-2-5-9-18)16-22(24)23-17-21(13-15-25(23)26)19-10-6-3-7-11-19;1-7-5-3-2-4-6-7;1-2/h2-17H,1H3;2-6H,1H3;1-2H3. The third-order valence-corrected chi connectivity index (χ3v) is 6.16. The van der Waals surface area contributed by atoms with Crippen LogP contribution in [-0.4, -0.2) is 4.57 Å². The first kappa shape index (κ1) is 24.0. The maximum Gasteiger partial charge on any atom is 0.0489 e. The lowest BCUT2D eigenvalue weighted by atomic mass is 10.0. The summed E-state index contributed by atoms with van der Waals surface area (Å²) in [5.41, 5.74) is 8.89. The van der Waals surface area contributed by atoms with Crippen LogP contribution in [0.3, 0.4) is 0 Å². The first-order valence-corrected chi connectivity index (χ1v) is 12.4. The summed E-state index contributed by atoms with van der Waals surface area (Å²) in [6.45, 7) is 6.08. The molecule has 1 heteroatoms. The van der Waals surface area contributed by atoms with Gasteiger partial charge in [0.05, 0.1) is 0 Å². The second kappa shape index (κ2) is 11.4. The van der Waals surface area contributed by atoms with Crippen molar-refractivity contribution in [3.63, 3.8) is 0 Å². The van der Waals surface area contributed by atoms with Gasteiger partial charge >= 0.3 is 0 Å². The molecule has 174 valence electrons. The van der Waals surface area contributed by atoms with E-state index in [9.17, 15) is 0 Å². The SMILES string of the molecule is CC.Cc1ccccc1.Cn1c2ccc(-c3ccccc3)cc2c2cc(-c3ccccc3)ccc21. The van der Waals surface area contributed by atoms with Crippen LogP contribution in [0.4, 0.5) is 0 Å². The summed E-state index contributed by atoms with van der Waals surface area (Å²) in [4.78, 5) is 0. The Bertz CT molecular complexity index is 1400. The van der Waals surface area contributed by atoms with Crippen LogP contribution >= 0.6 is 0 Å². The van der Waals surface area contributed by atoms with Gasteiger partial charge in [0.1, 0.15) is 0 Å². The van der Waals surface area contributed by atoms with Crippen molar-refractivity contribution in [2.75, 3.05) is 0 Å². The van der Waals surface area contributed by atoms with Gasteiger partial charge < -0.3 is 4.57 Å². The van der Waals surface area contributed by atoms with Crippen LogP contribution in [0, 0.1) is 6.92 Å². The van der Waals surface area contributed by atoms with Crippen molar-refractivity contribution in [3.8, 4) is 22.3 Å². The number of benzene rings is 5. The molecule has 1 nitrogen and oxygen atoms in total. The Labute approximate surface area is 209 Å². The van der Waals surface area contributed by atoms with Crippen LogP contribution in [0.25, 0.3) is 44.1 Å². The smallest absolute Gasteiger partial charge is 0.0489 e. The number of rotatable bonds is 2. The van der Waals surface area contributed by atoms with E-state index < -0.39 is 0 Å². The molecule has 0 radical (unpaired) electrons. The van der Waals surface area contributed by atoms with E-state index in [2.05, 4.69) is 128 Å². The predicted molar refractivity (Wildman–Crippen MR) is 154 cm³/mol. The van der Waals surface area contributed by atoms with Gasteiger partial charge in [0.15, 0.2) is 0 Å². The summed E-state index contributed by atoms with van der Waals surface area (Å²) in [5.74, 6) is 0. The minimum Gasteiger partial charge on any atom is -0.344 e. The van der Waals surface area contributed by atoms with Crippen molar-refractivity contribution in [3.05, 3.63) is 133 Å². The Hall–Kier alpha value is -4.10. The Morgan fingerprint density at radius 2 is 0.800 bits per heavy atom. The first-order chi connectivity index (χ1) is 17.2. The average Bonchev–Trinajstić information content (AvgIpc) is 3.22. The van der Waals surface area contributed by atoms with Gasteiger partial charge in [-0.3, -0.25) is 0 Å². The van der Waals surface area contributed by atoms with Crippen molar-refractivity contribution in [2.24, 2.45) is 7.05 Å². The molecule has 0 aliphatic heterocycles. The molecular formula is C34H33N. The molecule has 0 fully saturated rings. The van der Waals surface area contributed by atoms with Gasteiger partial charge in [0.25, 0.3) is 0 Å². The molecule has 35 heavy (non-hydrogen) atoms. The molecule has 0 N–H and O–H groups in total. The van der Waals surface area contributed by atoms with E-state index in [-0.39, 0.29) is 0 Å². The van der Waals surface area contributed by atoms with Crippen LogP contribution in [0.15, 0.2) is 127 Å². The van der Waals surface area contributed by atoms with Gasteiger partial charge in [-0.25, -0.2) is 0 Å². The second-order valence-electron chi connectivity index (χ2n) is 8.41. The Morgan fingerprint density at radius 1 is 0.429 bits per heavy atom. The number of hydrogen-bond donors (Lipinski definition) is 0. The number of fused-ring (bicyclic) bond motifs is 3. The largest absolute Gasteiger partial charge is 0.344 e. The van der Waals surface area contributed by atoms with Gasteiger partial charge in [0, 0.05) is 28.9 Å². The average molecular weight is 456 g/mol. The second-order valence-corrected chi connectivity index (χ2v) is 8.41. The van der Waals surface area contributed by atoms with E-state index >= 15 is 0 Å². The molecule has 0 aliphatic carbocycles. The molecule has 6 rings (SSSR count). The minimum absolute atomic E-state index is 1.26. The molecule has 0 atom stereocenters. The Morgan fingerprint density at radius 3 is 1.14 bits per heavy atom. The van der Waals surface area contributed by atoms with Gasteiger partial charge in [-0.05, 0) is 53.4 Å². The zero-order valence-corrected chi connectivity index (χ0v) is 21.1. The summed E-state index contributed by atoms with van der Waals surface area (Å²) in [6.07, 6.45) is 0. The molecule has 0 amide bonds. The van der Waals surface area contributed by atoms with E-state index in [4.69, 9.17) is 0 Å². The Kier molecular flexibility index (Phi) is 7.80. The van der Waals surface area contributed by atoms with Crippen molar-refractivity contribution < 1.29 is 0 Å². The van der Waals surface area contributed by atoms with Crippen LogP contribution in [0.2, 0.25) is 0 Å².